The lowest BCUT2D eigenvalue weighted by Gasteiger charge is -2.21. The summed E-state index contributed by atoms with van der Waals surface area (Å²) in [4.78, 5) is 12.1. The van der Waals surface area contributed by atoms with E-state index in [0.29, 0.717) is 16.5 Å². The maximum atomic E-state index is 13.0. The SMILES string of the molecule is CC(c1ccsc1)n1c(C(=O)O)cc2cc(OC(OS(=O)(=O)c3ccccc3)c3ccccc3Cl)ccc21. The van der Waals surface area contributed by atoms with Crippen LogP contribution in [0, 0.1) is 0 Å². The molecule has 0 aliphatic heterocycles. The normalized spacial score (nSPS) is 13.3. The minimum Gasteiger partial charge on any atom is -0.477 e. The molecule has 1 N–H and O–H groups in total. The highest BCUT2D eigenvalue weighted by molar-refractivity contribution is 7.86. The van der Waals surface area contributed by atoms with Crippen LogP contribution in [0.1, 0.15) is 40.9 Å². The molecule has 5 rings (SSSR count). The summed E-state index contributed by atoms with van der Waals surface area (Å²) in [6.07, 6.45) is -1.39. The molecule has 3 aromatic carbocycles. The molecule has 2 atom stereocenters. The largest absolute Gasteiger partial charge is 0.477 e. The fourth-order valence-electron chi connectivity index (χ4n) is 4.21. The van der Waals surface area contributed by atoms with Crippen LogP contribution in [0.5, 0.6) is 5.75 Å². The Morgan fingerprint density at radius 2 is 1.74 bits per heavy atom. The average Bonchev–Trinajstić information content (AvgIpc) is 3.57. The number of fused-ring (bicyclic) bond motifs is 1. The minimum absolute atomic E-state index is 0.0262. The van der Waals surface area contributed by atoms with Gasteiger partial charge in [0.05, 0.1) is 16.0 Å². The van der Waals surface area contributed by atoms with Crippen LogP contribution in [0.3, 0.4) is 0 Å². The van der Waals surface area contributed by atoms with Crippen LogP contribution >= 0.6 is 22.9 Å². The topological polar surface area (TPSA) is 94.8 Å². The predicted molar refractivity (Wildman–Crippen MR) is 147 cm³/mol. The van der Waals surface area contributed by atoms with Gasteiger partial charge in [0, 0.05) is 16.5 Å². The number of halogens is 1. The Labute approximate surface area is 228 Å². The third kappa shape index (κ3) is 5.19. The van der Waals surface area contributed by atoms with E-state index in [1.54, 1.807) is 82.6 Å². The van der Waals surface area contributed by atoms with E-state index in [0.717, 1.165) is 5.56 Å². The smallest absolute Gasteiger partial charge is 0.352 e. The summed E-state index contributed by atoms with van der Waals surface area (Å²) in [6, 6.07) is 22.7. The van der Waals surface area contributed by atoms with Gasteiger partial charge in [-0.05, 0) is 71.8 Å². The number of ether oxygens (including phenoxy) is 1. The molecule has 2 unspecified atom stereocenters. The van der Waals surface area contributed by atoms with Crippen LogP contribution in [0.25, 0.3) is 10.9 Å². The molecule has 2 heterocycles. The zero-order valence-electron chi connectivity index (χ0n) is 20.0. The van der Waals surface area contributed by atoms with Crippen molar-refractivity contribution in [2.24, 2.45) is 0 Å². The average molecular weight is 568 g/mol. The van der Waals surface area contributed by atoms with Crippen molar-refractivity contribution in [3.05, 3.63) is 118 Å². The molecule has 0 amide bonds. The van der Waals surface area contributed by atoms with Gasteiger partial charge in [0.2, 0.25) is 6.29 Å². The van der Waals surface area contributed by atoms with Gasteiger partial charge < -0.3 is 14.4 Å². The number of thiophene rings is 1. The summed E-state index contributed by atoms with van der Waals surface area (Å²) in [5.41, 5.74) is 2.14. The number of aromatic nitrogens is 1. The van der Waals surface area contributed by atoms with E-state index in [9.17, 15) is 18.3 Å². The summed E-state index contributed by atoms with van der Waals surface area (Å²) < 4.78 is 39.4. The number of carbonyl (C=O) groups is 1. The molecule has 0 saturated heterocycles. The molecule has 0 radical (unpaired) electrons. The second-order valence-electron chi connectivity index (χ2n) is 8.49. The molecule has 0 aliphatic rings. The van der Waals surface area contributed by atoms with Crippen LogP contribution in [-0.2, 0) is 14.3 Å². The maximum Gasteiger partial charge on any atom is 0.352 e. The Bertz CT molecular complexity index is 1700. The van der Waals surface area contributed by atoms with Crippen molar-refractivity contribution < 1.29 is 27.2 Å². The number of carboxylic acids is 1. The van der Waals surface area contributed by atoms with Crippen LogP contribution in [0.15, 0.2) is 101 Å². The lowest BCUT2D eigenvalue weighted by Crippen LogP contribution is -2.18. The van der Waals surface area contributed by atoms with E-state index >= 15 is 0 Å². The number of hydrogen-bond donors (Lipinski definition) is 1. The number of benzene rings is 3. The minimum atomic E-state index is -4.20. The monoisotopic (exact) mass is 567 g/mol. The lowest BCUT2D eigenvalue weighted by atomic mass is 10.1. The van der Waals surface area contributed by atoms with Gasteiger partial charge in [-0.15, -0.1) is 0 Å². The summed E-state index contributed by atoms with van der Waals surface area (Å²) >= 11 is 7.92. The van der Waals surface area contributed by atoms with E-state index in [2.05, 4.69) is 0 Å². The van der Waals surface area contributed by atoms with Gasteiger partial charge in [-0.25, -0.2) is 8.98 Å². The molecule has 5 aromatic rings. The molecule has 10 heteroatoms. The van der Waals surface area contributed by atoms with Crippen molar-refractivity contribution in [2.75, 3.05) is 0 Å². The van der Waals surface area contributed by atoms with Gasteiger partial charge in [-0.1, -0.05) is 48.0 Å². The van der Waals surface area contributed by atoms with Crippen molar-refractivity contribution in [1.82, 2.24) is 4.57 Å². The molecule has 0 aliphatic carbocycles. The number of rotatable bonds is 9. The first-order valence-corrected chi connectivity index (χ1v) is 14.3. The molecule has 194 valence electrons. The molecule has 2 aromatic heterocycles. The van der Waals surface area contributed by atoms with Gasteiger partial charge in [0.1, 0.15) is 11.4 Å². The van der Waals surface area contributed by atoms with Gasteiger partial charge in [-0.3, -0.25) is 0 Å². The maximum absolute atomic E-state index is 13.0. The van der Waals surface area contributed by atoms with Crippen molar-refractivity contribution >= 4 is 49.9 Å². The van der Waals surface area contributed by atoms with Crippen LogP contribution in [0.2, 0.25) is 5.02 Å². The zero-order chi connectivity index (χ0) is 26.9. The van der Waals surface area contributed by atoms with Crippen molar-refractivity contribution in [1.29, 1.82) is 0 Å². The van der Waals surface area contributed by atoms with E-state index in [1.165, 1.54) is 12.1 Å². The van der Waals surface area contributed by atoms with Gasteiger partial charge >= 0.3 is 16.1 Å². The molecule has 0 fully saturated rings. The van der Waals surface area contributed by atoms with E-state index < -0.39 is 22.4 Å². The number of carboxylic acid groups (broad SMARTS) is 1. The first kappa shape index (κ1) is 26.0. The first-order valence-electron chi connectivity index (χ1n) is 11.5. The first-order chi connectivity index (χ1) is 18.2. The highest BCUT2D eigenvalue weighted by Crippen LogP contribution is 2.35. The van der Waals surface area contributed by atoms with Gasteiger partial charge in [0.15, 0.2) is 0 Å². The predicted octanol–water partition coefficient (Wildman–Crippen LogP) is 7.15. The second kappa shape index (κ2) is 10.6. The number of nitrogens with zero attached hydrogens (tertiary/aromatic N) is 1. The molecule has 0 saturated carbocycles. The molecular formula is C28H22ClNO6S2. The third-order valence-corrected chi connectivity index (χ3v) is 8.41. The number of aromatic carboxylic acids is 1. The quantitative estimate of drug-likeness (QED) is 0.150. The lowest BCUT2D eigenvalue weighted by molar-refractivity contribution is 0.00981. The van der Waals surface area contributed by atoms with Crippen LogP contribution < -0.4 is 4.74 Å². The van der Waals surface area contributed by atoms with Crippen molar-refractivity contribution in [3.63, 3.8) is 0 Å². The molecule has 0 bridgehead atoms. The van der Waals surface area contributed by atoms with E-state index in [-0.39, 0.29) is 27.4 Å². The van der Waals surface area contributed by atoms with Gasteiger partial charge in [0.25, 0.3) is 0 Å². The highest BCUT2D eigenvalue weighted by atomic mass is 35.5. The van der Waals surface area contributed by atoms with Crippen LogP contribution in [-0.4, -0.2) is 24.1 Å². The Balaban J connectivity index is 1.54. The fraction of sp³-hybridized carbons (Fsp3) is 0.107. The summed E-state index contributed by atoms with van der Waals surface area (Å²) in [6.45, 7) is 1.94. The Hall–Kier alpha value is -3.63. The number of hydrogen-bond acceptors (Lipinski definition) is 6. The molecule has 0 spiro atoms. The molecule has 38 heavy (non-hydrogen) atoms. The zero-order valence-corrected chi connectivity index (χ0v) is 22.4. The Morgan fingerprint density at radius 1 is 1.00 bits per heavy atom. The fourth-order valence-corrected chi connectivity index (χ4v) is 6.16. The van der Waals surface area contributed by atoms with E-state index in [4.69, 9.17) is 20.5 Å². The summed E-state index contributed by atoms with van der Waals surface area (Å²) in [7, 11) is -4.20. The summed E-state index contributed by atoms with van der Waals surface area (Å²) in [5, 5.41) is 14.7. The Morgan fingerprint density at radius 3 is 2.42 bits per heavy atom. The molecular weight excluding hydrogens is 546 g/mol. The van der Waals surface area contributed by atoms with Crippen LogP contribution in [0.4, 0.5) is 0 Å². The standard InChI is InChI=1S/C28H22ClNO6S2/c1-18(19-13-14-37-17-19)30-25-12-11-21(15-20(25)16-26(30)27(31)32)35-28(23-9-5-6-10-24(23)29)36-38(33,34)22-7-3-2-4-8-22/h2-18,28H,1H3,(H,31,32). The highest BCUT2D eigenvalue weighted by Gasteiger charge is 2.27. The van der Waals surface area contributed by atoms with Gasteiger partial charge in [-0.2, -0.15) is 19.8 Å². The van der Waals surface area contributed by atoms with Crippen molar-refractivity contribution in [3.8, 4) is 5.75 Å². The van der Waals surface area contributed by atoms with E-state index in [1.807, 2.05) is 23.8 Å². The third-order valence-electron chi connectivity index (χ3n) is 6.09. The van der Waals surface area contributed by atoms with Crippen molar-refractivity contribution in [2.45, 2.75) is 24.2 Å². The summed E-state index contributed by atoms with van der Waals surface area (Å²) in [5.74, 6) is -0.778. The molecule has 7 nitrogen and oxygen atoms in total. The Kier molecular flexibility index (Phi) is 7.27. The second-order valence-corrected chi connectivity index (χ2v) is 11.3.